The minimum Gasteiger partial charge on any atom is -0.386 e. The summed E-state index contributed by atoms with van der Waals surface area (Å²) in [5.74, 6) is -0.113. The molecular weight excluding hydrogens is 228 g/mol. The van der Waals surface area contributed by atoms with Crippen molar-refractivity contribution in [1.29, 1.82) is 0 Å². The van der Waals surface area contributed by atoms with Gasteiger partial charge in [-0.15, -0.1) is 0 Å². The lowest BCUT2D eigenvalue weighted by molar-refractivity contribution is -0.0669. The Balaban J connectivity index is 1.98. The summed E-state index contributed by atoms with van der Waals surface area (Å²) in [6.07, 6.45) is 1.65. The van der Waals surface area contributed by atoms with E-state index >= 15 is 0 Å². The molecule has 2 heterocycles. The molecule has 4 heteroatoms. The van der Waals surface area contributed by atoms with E-state index in [1.165, 1.54) is 0 Å². The minimum absolute atomic E-state index is 0.113. The molecule has 1 saturated heterocycles. The highest BCUT2D eigenvalue weighted by atomic mass is 16.3. The van der Waals surface area contributed by atoms with Crippen molar-refractivity contribution in [3.63, 3.8) is 0 Å². The first-order chi connectivity index (χ1) is 8.57. The third-order valence-corrected chi connectivity index (χ3v) is 3.23. The smallest absolute Gasteiger partial charge is 0.273 e. The second-order valence-corrected chi connectivity index (χ2v) is 5.04. The first kappa shape index (κ1) is 11.2. The Labute approximate surface area is 105 Å². The number of aliphatic hydroxyl groups is 1. The van der Waals surface area contributed by atoms with Crippen LogP contribution in [0.2, 0.25) is 0 Å². The highest BCUT2D eigenvalue weighted by Crippen LogP contribution is 2.24. The average molecular weight is 242 g/mol. The van der Waals surface area contributed by atoms with Crippen LogP contribution in [0.4, 0.5) is 0 Å². The second kappa shape index (κ2) is 3.78. The van der Waals surface area contributed by atoms with Crippen LogP contribution < -0.4 is 0 Å². The maximum atomic E-state index is 12.3. The molecule has 1 aliphatic heterocycles. The number of aromatic nitrogens is 1. The Morgan fingerprint density at radius 3 is 2.78 bits per heavy atom. The lowest BCUT2D eigenvalue weighted by atomic mass is 9.96. The number of β-amino-alcohol motifs (C(OH)–C–C–N with tert-alkyl or cyclic N) is 1. The van der Waals surface area contributed by atoms with Crippen molar-refractivity contribution in [2.45, 2.75) is 12.5 Å². The average Bonchev–Trinajstić information content (AvgIpc) is 2.34. The van der Waals surface area contributed by atoms with Gasteiger partial charge in [0.1, 0.15) is 5.69 Å². The summed E-state index contributed by atoms with van der Waals surface area (Å²) in [6.45, 7) is 2.47. The maximum absolute atomic E-state index is 12.3. The van der Waals surface area contributed by atoms with Crippen LogP contribution in [0.15, 0.2) is 36.5 Å². The van der Waals surface area contributed by atoms with Crippen molar-refractivity contribution in [2.24, 2.45) is 0 Å². The fourth-order valence-electron chi connectivity index (χ4n) is 2.36. The number of amides is 1. The summed E-state index contributed by atoms with van der Waals surface area (Å²) in [7, 11) is 0. The molecule has 2 aromatic rings. The highest BCUT2D eigenvalue weighted by molar-refractivity contribution is 6.05. The van der Waals surface area contributed by atoms with E-state index in [1.54, 1.807) is 18.0 Å². The van der Waals surface area contributed by atoms with Crippen LogP contribution in [0, 0.1) is 0 Å². The Kier molecular flexibility index (Phi) is 2.35. The Morgan fingerprint density at radius 2 is 2.06 bits per heavy atom. The summed E-state index contributed by atoms with van der Waals surface area (Å²) < 4.78 is 0. The lowest BCUT2D eigenvalue weighted by Crippen LogP contribution is -2.61. The zero-order valence-corrected chi connectivity index (χ0v) is 10.1. The van der Waals surface area contributed by atoms with Crippen LogP contribution in [0.25, 0.3) is 10.8 Å². The molecule has 0 unspecified atom stereocenters. The molecule has 0 spiro atoms. The van der Waals surface area contributed by atoms with Crippen LogP contribution in [0.5, 0.6) is 0 Å². The first-order valence-electron chi connectivity index (χ1n) is 5.92. The van der Waals surface area contributed by atoms with Crippen molar-refractivity contribution in [3.05, 3.63) is 42.2 Å². The third-order valence-electron chi connectivity index (χ3n) is 3.23. The normalized spacial score (nSPS) is 17.6. The monoisotopic (exact) mass is 242 g/mol. The number of nitrogens with zero attached hydrogens (tertiary/aromatic N) is 2. The van der Waals surface area contributed by atoms with Gasteiger partial charge in [-0.1, -0.05) is 24.3 Å². The molecule has 4 nitrogen and oxygen atoms in total. The number of rotatable bonds is 1. The van der Waals surface area contributed by atoms with E-state index in [1.807, 2.05) is 30.3 Å². The molecule has 1 amide bonds. The number of fused-ring (bicyclic) bond motifs is 1. The van der Waals surface area contributed by atoms with E-state index in [2.05, 4.69) is 4.98 Å². The van der Waals surface area contributed by atoms with Gasteiger partial charge in [0.25, 0.3) is 5.91 Å². The van der Waals surface area contributed by atoms with Gasteiger partial charge >= 0.3 is 0 Å². The van der Waals surface area contributed by atoms with Gasteiger partial charge in [-0.3, -0.25) is 9.78 Å². The molecule has 0 atom stereocenters. The molecule has 0 saturated carbocycles. The highest BCUT2D eigenvalue weighted by Gasteiger charge is 2.40. The van der Waals surface area contributed by atoms with Crippen molar-refractivity contribution in [2.75, 3.05) is 13.1 Å². The fourth-order valence-corrected chi connectivity index (χ4v) is 2.36. The standard InChI is InChI=1S/C14H14N2O2/c1-14(18)8-16(9-14)13(17)12-11-5-3-2-4-10(11)6-7-15-12/h2-7,18H,8-9H2,1H3. The fraction of sp³-hybridized carbons (Fsp3) is 0.286. The topological polar surface area (TPSA) is 53.4 Å². The van der Waals surface area contributed by atoms with Crippen molar-refractivity contribution in [3.8, 4) is 0 Å². The molecule has 1 fully saturated rings. The van der Waals surface area contributed by atoms with Crippen LogP contribution in [-0.4, -0.2) is 39.6 Å². The maximum Gasteiger partial charge on any atom is 0.273 e. The van der Waals surface area contributed by atoms with Crippen LogP contribution >= 0.6 is 0 Å². The van der Waals surface area contributed by atoms with Crippen LogP contribution in [0.3, 0.4) is 0 Å². The van der Waals surface area contributed by atoms with E-state index in [0.29, 0.717) is 18.8 Å². The van der Waals surface area contributed by atoms with E-state index in [9.17, 15) is 9.90 Å². The largest absolute Gasteiger partial charge is 0.386 e. The molecule has 1 aromatic heterocycles. The summed E-state index contributed by atoms with van der Waals surface area (Å²) >= 11 is 0. The number of benzene rings is 1. The van der Waals surface area contributed by atoms with Crippen molar-refractivity contribution >= 4 is 16.7 Å². The number of likely N-dealkylation sites (tertiary alicyclic amines) is 1. The van der Waals surface area contributed by atoms with Gasteiger partial charge in [0, 0.05) is 11.6 Å². The molecule has 0 radical (unpaired) electrons. The first-order valence-corrected chi connectivity index (χ1v) is 5.92. The predicted octanol–water partition coefficient (Wildman–Crippen LogP) is 1.44. The Hall–Kier alpha value is -1.94. The van der Waals surface area contributed by atoms with E-state index in [4.69, 9.17) is 0 Å². The number of pyridine rings is 1. The van der Waals surface area contributed by atoms with Gasteiger partial charge in [-0.2, -0.15) is 0 Å². The minimum atomic E-state index is -0.750. The third kappa shape index (κ3) is 1.75. The van der Waals surface area contributed by atoms with Crippen LogP contribution in [0.1, 0.15) is 17.4 Å². The van der Waals surface area contributed by atoms with E-state index < -0.39 is 5.60 Å². The van der Waals surface area contributed by atoms with Crippen molar-refractivity contribution < 1.29 is 9.90 Å². The van der Waals surface area contributed by atoms with Gasteiger partial charge in [0.2, 0.25) is 0 Å². The Bertz CT molecular complexity index is 609. The molecule has 18 heavy (non-hydrogen) atoms. The molecule has 1 N–H and O–H groups in total. The number of hydrogen-bond acceptors (Lipinski definition) is 3. The SMILES string of the molecule is CC1(O)CN(C(=O)c2nccc3ccccc23)C1. The molecule has 1 aliphatic rings. The van der Waals surface area contributed by atoms with Gasteiger partial charge in [-0.25, -0.2) is 0 Å². The molecule has 92 valence electrons. The molecule has 0 bridgehead atoms. The summed E-state index contributed by atoms with van der Waals surface area (Å²) in [5, 5.41) is 11.5. The number of hydrogen-bond donors (Lipinski definition) is 1. The van der Waals surface area contributed by atoms with Gasteiger partial charge in [0.15, 0.2) is 0 Å². The van der Waals surface area contributed by atoms with E-state index in [-0.39, 0.29) is 5.91 Å². The number of carbonyl (C=O) groups excluding carboxylic acids is 1. The van der Waals surface area contributed by atoms with E-state index in [0.717, 1.165) is 10.8 Å². The quantitative estimate of drug-likeness (QED) is 0.823. The zero-order chi connectivity index (χ0) is 12.8. The van der Waals surface area contributed by atoms with Crippen molar-refractivity contribution in [1.82, 2.24) is 9.88 Å². The predicted molar refractivity (Wildman–Crippen MR) is 68.3 cm³/mol. The van der Waals surface area contributed by atoms with Gasteiger partial charge in [-0.05, 0) is 18.4 Å². The summed E-state index contributed by atoms with van der Waals surface area (Å²) in [6, 6.07) is 9.57. The van der Waals surface area contributed by atoms with Gasteiger partial charge < -0.3 is 10.0 Å². The molecule has 1 aromatic carbocycles. The molecular formula is C14H14N2O2. The van der Waals surface area contributed by atoms with Crippen LogP contribution in [-0.2, 0) is 0 Å². The van der Waals surface area contributed by atoms with Gasteiger partial charge in [0.05, 0.1) is 18.7 Å². The molecule has 0 aliphatic carbocycles. The summed E-state index contributed by atoms with van der Waals surface area (Å²) in [5.41, 5.74) is -0.288. The number of carbonyl (C=O) groups is 1. The summed E-state index contributed by atoms with van der Waals surface area (Å²) in [4.78, 5) is 18.1. The lowest BCUT2D eigenvalue weighted by Gasteiger charge is -2.44. The second-order valence-electron chi connectivity index (χ2n) is 5.04. The zero-order valence-electron chi connectivity index (χ0n) is 10.1. The molecule has 3 rings (SSSR count). The Morgan fingerprint density at radius 1 is 1.33 bits per heavy atom.